The number of ether oxygens (including phenoxy) is 4. The fourth-order valence-corrected chi connectivity index (χ4v) is 6.44. The van der Waals surface area contributed by atoms with Crippen molar-refractivity contribution in [1.82, 2.24) is 4.90 Å². The van der Waals surface area contributed by atoms with Crippen molar-refractivity contribution in [3.8, 4) is 17.2 Å². The molecule has 42 heavy (non-hydrogen) atoms. The van der Waals surface area contributed by atoms with E-state index in [0.29, 0.717) is 30.3 Å². The second-order valence-electron chi connectivity index (χ2n) is 10.1. The number of fused-ring (bicyclic) bond motifs is 3. The van der Waals surface area contributed by atoms with Crippen molar-refractivity contribution in [2.75, 3.05) is 53.4 Å². The van der Waals surface area contributed by atoms with Gasteiger partial charge < -0.3 is 28.7 Å². The Labute approximate surface area is 250 Å². The van der Waals surface area contributed by atoms with Gasteiger partial charge in [0.15, 0.2) is 17.6 Å². The highest BCUT2D eigenvalue weighted by Crippen LogP contribution is 2.49. The van der Waals surface area contributed by atoms with Crippen LogP contribution in [-0.2, 0) is 9.53 Å². The maximum Gasteiger partial charge on any atom is 0.339 e. The molecule has 9 heteroatoms. The van der Waals surface area contributed by atoms with E-state index in [4.69, 9.17) is 18.9 Å². The van der Waals surface area contributed by atoms with Gasteiger partial charge in [-0.25, -0.2) is 4.79 Å². The van der Waals surface area contributed by atoms with Gasteiger partial charge in [0, 0.05) is 18.0 Å². The van der Waals surface area contributed by atoms with Gasteiger partial charge in [0.05, 0.1) is 37.8 Å². The highest BCUT2D eigenvalue weighted by molar-refractivity contribution is 8.00. The van der Waals surface area contributed by atoms with Crippen LogP contribution in [-0.4, -0.2) is 71.4 Å². The summed E-state index contributed by atoms with van der Waals surface area (Å²) in [4.78, 5) is 32.9. The standard InChI is InChI=1S/C33H34N2O6S/c1-34(2)18-19-35-26-16-12-21-8-6-7-9-25(21)31(26)42-30(22-10-14-24(38-3)15-11-22)29(32(35)36)41-33(37)23-13-17-27(39-4)28(20-23)40-5/h6-17,20,29-30H,18-19H2,1-5H3/t29-,30+/m1/s1. The average molecular weight is 587 g/mol. The van der Waals surface area contributed by atoms with Gasteiger partial charge >= 0.3 is 5.97 Å². The van der Waals surface area contributed by atoms with E-state index in [0.717, 1.165) is 26.9 Å². The Morgan fingerprint density at radius 2 is 1.62 bits per heavy atom. The number of esters is 1. The summed E-state index contributed by atoms with van der Waals surface area (Å²) >= 11 is 1.54. The minimum absolute atomic E-state index is 0.256. The van der Waals surface area contributed by atoms with Gasteiger partial charge in [-0.05, 0) is 66.8 Å². The van der Waals surface area contributed by atoms with Crippen molar-refractivity contribution in [3.63, 3.8) is 0 Å². The molecule has 0 saturated carbocycles. The Balaban J connectivity index is 1.63. The first kappa shape index (κ1) is 29.3. The van der Waals surface area contributed by atoms with E-state index in [-0.39, 0.29) is 11.5 Å². The molecule has 218 valence electrons. The van der Waals surface area contributed by atoms with E-state index in [2.05, 4.69) is 12.1 Å². The summed E-state index contributed by atoms with van der Waals surface area (Å²) in [5.41, 5.74) is 1.90. The van der Waals surface area contributed by atoms with Crippen LogP contribution in [0.4, 0.5) is 5.69 Å². The summed E-state index contributed by atoms with van der Waals surface area (Å²) in [5.74, 6) is 0.668. The number of nitrogens with zero attached hydrogens (tertiary/aromatic N) is 2. The van der Waals surface area contributed by atoms with Gasteiger partial charge in [-0.15, -0.1) is 11.8 Å². The SMILES string of the molecule is COc1ccc([C@@H]2Sc3c(ccc4ccccc34)N(CCN(C)C)C(=O)[C@@H]2OC(=O)c2ccc(OC)c(OC)c2)cc1. The summed E-state index contributed by atoms with van der Waals surface area (Å²) in [7, 11) is 8.57. The monoisotopic (exact) mass is 586 g/mol. The van der Waals surface area contributed by atoms with E-state index in [1.165, 1.54) is 26.0 Å². The molecule has 4 aromatic rings. The zero-order valence-electron chi connectivity index (χ0n) is 24.3. The molecule has 0 aromatic heterocycles. The molecule has 0 aliphatic carbocycles. The van der Waals surface area contributed by atoms with Crippen molar-refractivity contribution >= 4 is 40.1 Å². The number of carbonyl (C=O) groups excluding carboxylic acids is 2. The number of hydrogen-bond donors (Lipinski definition) is 0. The molecule has 1 aliphatic rings. The molecule has 1 aliphatic heterocycles. The molecule has 0 N–H and O–H groups in total. The molecule has 1 amide bonds. The lowest BCUT2D eigenvalue weighted by atomic mass is 10.0. The minimum Gasteiger partial charge on any atom is -0.497 e. The molecular weight excluding hydrogens is 552 g/mol. The third kappa shape index (κ3) is 5.89. The summed E-state index contributed by atoms with van der Waals surface area (Å²) in [5, 5.41) is 1.58. The van der Waals surface area contributed by atoms with Crippen LogP contribution in [0.1, 0.15) is 21.2 Å². The molecule has 0 unspecified atom stereocenters. The zero-order chi connectivity index (χ0) is 29.8. The maximum atomic E-state index is 14.5. The maximum absolute atomic E-state index is 14.5. The van der Waals surface area contributed by atoms with E-state index in [1.54, 1.807) is 30.2 Å². The Kier molecular flexibility index (Phi) is 8.89. The van der Waals surface area contributed by atoms with E-state index in [1.807, 2.05) is 67.5 Å². The lowest BCUT2D eigenvalue weighted by Gasteiger charge is -2.29. The zero-order valence-corrected chi connectivity index (χ0v) is 25.1. The van der Waals surface area contributed by atoms with Crippen molar-refractivity contribution in [2.45, 2.75) is 16.2 Å². The molecule has 0 fully saturated rings. The number of methoxy groups -OCH3 is 3. The third-order valence-electron chi connectivity index (χ3n) is 7.25. The first-order valence-electron chi connectivity index (χ1n) is 13.6. The van der Waals surface area contributed by atoms with Gasteiger partial charge in [-0.1, -0.05) is 42.5 Å². The quantitative estimate of drug-likeness (QED) is 0.227. The predicted molar refractivity (Wildman–Crippen MR) is 165 cm³/mol. The molecule has 4 aromatic carbocycles. The highest BCUT2D eigenvalue weighted by Gasteiger charge is 2.42. The molecule has 8 nitrogen and oxygen atoms in total. The number of rotatable bonds is 9. The number of thioether (sulfide) groups is 1. The summed E-state index contributed by atoms with van der Waals surface area (Å²) in [6.45, 7) is 1.06. The molecule has 0 radical (unpaired) electrons. The molecule has 2 atom stereocenters. The van der Waals surface area contributed by atoms with Crippen LogP contribution < -0.4 is 19.1 Å². The van der Waals surface area contributed by atoms with Crippen LogP contribution in [0.25, 0.3) is 10.8 Å². The topological polar surface area (TPSA) is 77.5 Å². The second kappa shape index (κ2) is 12.8. The van der Waals surface area contributed by atoms with Gasteiger partial charge in [-0.2, -0.15) is 0 Å². The van der Waals surface area contributed by atoms with Gasteiger partial charge in [0.25, 0.3) is 5.91 Å². The minimum atomic E-state index is -1.11. The summed E-state index contributed by atoms with van der Waals surface area (Å²) in [6, 6.07) is 24.5. The number of likely N-dealkylation sites (N-methyl/N-ethyl adjacent to an activating group) is 1. The van der Waals surface area contributed by atoms with Crippen LogP contribution in [0.2, 0.25) is 0 Å². The lowest BCUT2D eigenvalue weighted by Crippen LogP contribution is -2.45. The van der Waals surface area contributed by atoms with E-state index in [9.17, 15) is 9.59 Å². The smallest absolute Gasteiger partial charge is 0.339 e. The fraction of sp³-hybridized carbons (Fsp3) is 0.273. The Hall–Kier alpha value is -4.21. The molecule has 0 saturated heterocycles. The van der Waals surface area contributed by atoms with Crippen molar-refractivity contribution in [2.24, 2.45) is 0 Å². The summed E-state index contributed by atoms with van der Waals surface area (Å²) < 4.78 is 22.3. The molecule has 1 heterocycles. The Morgan fingerprint density at radius 3 is 2.31 bits per heavy atom. The van der Waals surface area contributed by atoms with Crippen LogP contribution in [0.15, 0.2) is 83.8 Å². The van der Waals surface area contributed by atoms with Crippen LogP contribution in [0.3, 0.4) is 0 Å². The van der Waals surface area contributed by atoms with Crippen LogP contribution >= 0.6 is 11.8 Å². The van der Waals surface area contributed by atoms with Gasteiger partial charge in [0.2, 0.25) is 0 Å². The highest BCUT2D eigenvalue weighted by atomic mass is 32.2. The van der Waals surface area contributed by atoms with Crippen molar-refractivity contribution < 1.29 is 28.5 Å². The van der Waals surface area contributed by atoms with Crippen LogP contribution in [0.5, 0.6) is 17.2 Å². The molecule has 0 bridgehead atoms. The Morgan fingerprint density at radius 1 is 0.881 bits per heavy atom. The number of anilines is 1. The molecular formula is C33H34N2O6S. The predicted octanol–water partition coefficient (Wildman–Crippen LogP) is 5.83. The molecule has 0 spiro atoms. The van der Waals surface area contributed by atoms with Gasteiger partial charge in [0.1, 0.15) is 5.75 Å². The van der Waals surface area contributed by atoms with Gasteiger partial charge in [-0.3, -0.25) is 4.79 Å². The third-order valence-corrected chi connectivity index (χ3v) is 8.69. The number of carbonyl (C=O) groups is 2. The lowest BCUT2D eigenvalue weighted by molar-refractivity contribution is -0.127. The number of benzene rings is 4. The second-order valence-corrected chi connectivity index (χ2v) is 11.3. The van der Waals surface area contributed by atoms with E-state index >= 15 is 0 Å². The first-order valence-corrected chi connectivity index (χ1v) is 14.4. The first-order chi connectivity index (χ1) is 20.3. The largest absolute Gasteiger partial charge is 0.497 e. The normalized spacial score (nSPS) is 16.6. The number of amides is 1. The van der Waals surface area contributed by atoms with Crippen molar-refractivity contribution in [3.05, 3.63) is 90.0 Å². The molecule has 5 rings (SSSR count). The van der Waals surface area contributed by atoms with Crippen LogP contribution in [0, 0.1) is 0 Å². The van der Waals surface area contributed by atoms with Crippen molar-refractivity contribution in [1.29, 1.82) is 0 Å². The average Bonchev–Trinajstić information content (AvgIpc) is 3.13. The summed E-state index contributed by atoms with van der Waals surface area (Å²) in [6.07, 6.45) is -1.11. The fourth-order valence-electron chi connectivity index (χ4n) is 4.98. The van der Waals surface area contributed by atoms with E-state index < -0.39 is 17.3 Å². The Bertz CT molecular complexity index is 1590. The number of hydrogen-bond acceptors (Lipinski definition) is 8.